The molecule has 15 heavy (non-hydrogen) atoms. The summed E-state index contributed by atoms with van der Waals surface area (Å²) in [5, 5.41) is 0. The summed E-state index contributed by atoms with van der Waals surface area (Å²) in [7, 11) is 0. The Bertz CT molecular complexity index is 438. The van der Waals surface area contributed by atoms with E-state index < -0.39 is 0 Å². The predicted molar refractivity (Wildman–Crippen MR) is 64.5 cm³/mol. The summed E-state index contributed by atoms with van der Waals surface area (Å²) in [4.78, 5) is 4.39. The number of rotatable bonds is 1. The minimum absolute atomic E-state index is 1.07. The van der Waals surface area contributed by atoms with Crippen LogP contribution >= 0.6 is 0 Å². The van der Waals surface area contributed by atoms with Crippen molar-refractivity contribution >= 4 is 5.57 Å². The minimum Gasteiger partial charge on any atom is -0.256 e. The quantitative estimate of drug-likeness (QED) is 0.671. The maximum atomic E-state index is 4.39. The van der Waals surface area contributed by atoms with Gasteiger partial charge in [-0.1, -0.05) is 30.9 Å². The summed E-state index contributed by atoms with van der Waals surface area (Å²) < 4.78 is 0. The summed E-state index contributed by atoms with van der Waals surface area (Å²) in [5.41, 5.74) is 4.77. The topological polar surface area (TPSA) is 12.9 Å². The number of aryl methyl sites for hydroxylation is 1. The fraction of sp³-hybridized carbons (Fsp3) is 0.214. The van der Waals surface area contributed by atoms with Gasteiger partial charge in [0.05, 0.1) is 5.69 Å². The van der Waals surface area contributed by atoms with Crippen molar-refractivity contribution in [3.63, 3.8) is 0 Å². The molecular weight excluding hydrogens is 182 g/mol. The van der Waals surface area contributed by atoms with Crippen LogP contribution < -0.4 is 0 Å². The van der Waals surface area contributed by atoms with Crippen LogP contribution in [0.5, 0.6) is 0 Å². The molecule has 0 amide bonds. The van der Waals surface area contributed by atoms with Crippen molar-refractivity contribution in [2.75, 3.05) is 0 Å². The number of hydrogen-bond donors (Lipinski definition) is 0. The van der Waals surface area contributed by atoms with Crippen LogP contribution in [0.4, 0.5) is 0 Å². The molecule has 1 nitrogen and oxygen atoms in total. The molecule has 0 N–H and O–H groups in total. The highest BCUT2D eigenvalue weighted by Gasteiger charge is 2.16. The maximum Gasteiger partial charge on any atom is 0.0730 e. The van der Waals surface area contributed by atoms with Crippen LogP contribution in [0.25, 0.3) is 5.57 Å². The molecule has 1 aliphatic carbocycles. The van der Waals surface area contributed by atoms with Crippen LogP contribution in [0.15, 0.2) is 48.7 Å². The monoisotopic (exact) mass is 197 g/mol. The van der Waals surface area contributed by atoms with Crippen molar-refractivity contribution in [2.24, 2.45) is 0 Å². The molecule has 0 aliphatic heterocycles. The zero-order valence-corrected chi connectivity index (χ0v) is 9.03. The smallest absolute Gasteiger partial charge is 0.0730 e. The maximum absolute atomic E-state index is 4.39. The molecule has 0 saturated heterocycles. The lowest BCUT2D eigenvalue weighted by Gasteiger charge is -2.19. The molecule has 0 saturated carbocycles. The lowest BCUT2D eigenvalue weighted by Crippen LogP contribution is -2.05. The highest BCUT2D eigenvalue weighted by atomic mass is 14.7. The van der Waals surface area contributed by atoms with E-state index in [1.165, 1.54) is 11.1 Å². The predicted octanol–water partition coefficient (Wildman–Crippen LogP) is 3.54. The van der Waals surface area contributed by atoms with E-state index in [0.717, 1.165) is 24.1 Å². The van der Waals surface area contributed by atoms with Gasteiger partial charge in [0.25, 0.3) is 0 Å². The van der Waals surface area contributed by atoms with Gasteiger partial charge in [-0.15, -0.1) is 0 Å². The number of aromatic nitrogens is 1. The van der Waals surface area contributed by atoms with Gasteiger partial charge in [0, 0.05) is 6.20 Å². The van der Waals surface area contributed by atoms with Gasteiger partial charge in [-0.3, -0.25) is 4.98 Å². The molecule has 1 aromatic heterocycles. The van der Waals surface area contributed by atoms with Gasteiger partial charge in [-0.2, -0.15) is 0 Å². The second-order valence-electron chi connectivity index (χ2n) is 3.71. The summed E-state index contributed by atoms with van der Waals surface area (Å²) >= 11 is 0. The largest absolute Gasteiger partial charge is 0.256 e. The first-order chi connectivity index (χ1) is 7.33. The lowest BCUT2D eigenvalue weighted by atomic mass is 9.88. The van der Waals surface area contributed by atoms with Crippen molar-refractivity contribution in [2.45, 2.75) is 19.8 Å². The Kier molecular flexibility index (Phi) is 2.82. The molecule has 2 rings (SSSR count). The number of pyridine rings is 1. The van der Waals surface area contributed by atoms with E-state index in [2.05, 4.69) is 29.8 Å². The molecule has 0 aromatic carbocycles. The second kappa shape index (κ2) is 4.26. The molecule has 0 spiro atoms. The molecule has 0 unspecified atom stereocenters. The molecule has 1 heterocycles. The Morgan fingerprint density at radius 1 is 1.40 bits per heavy atom. The highest BCUT2D eigenvalue weighted by Crippen LogP contribution is 2.31. The van der Waals surface area contributed by atoms with Gasteiger partial charge in [0.1, 0.15) is 0 Å². The zero-order valence-electron chi connectivity index (χ0n) is 9.03. The Hall–Kier alpha value is -1.63. The molecule has 1 heteroatoms. The Balaban J connectivity index is 2.38. The summed E-state index contributed by atoms with van der Waals surface area (Å²) in [6, 6.07) is 4.13. The summed E-state index contributed by atoms with van der Waals surface area (Å²) in [5.74, 6) is 0. The molecule has 76 valence electrons. The third-order valence-electron chi connectivity index (χ3n) is 2.72. The first-order valence-electron chi connectivity index (χ1n) is 5.28. The van der Waals surface area contributed by atoms with Crippen LogP contribution in [0.1, 0.15) is 24.6 Å². The second-order valence-corrected chi connectivity index (χ2v) is 3.71. The number of fused-ring (bicyclic) bond motifs is 1. The van der Waals surface area contributed by atoms with Gasteiger partial charge in [-0.25, -0.2) is 0 Å². The first kappa shape index (κ1) is 9.91. The number of hydrogen-bond acceptors (Lipinski definition) is 1. The van der Waals surface area contributed by atoms with E-state index in [-0.39, 0.29) is 0 Å². The number of allylic oxidation sites excluding steroid dienone is 5. The van der Waals surface area contributed by atoms with Crippen LogP contribution in [0.2, 0.25) is 0 Å². The van der Waals surface area contributed by atoms with Crippen molar-refractivity contribution in [1.29, 1.82) is 0 Å². The van der Waals surface area contributed by atoms with Crippen molar-refractivity contribution in [3.05, 3.63) is 60.0 Å². The molecule has 0 bridgehead atoms. The van der Waals surface area contributed by atoms with Gasteiger partial charge in [0.15, 0.2) is 0 Å². The van der Waals surface area contributed by atoms with Gasteiger partial charge in [0.2, 0.25) is 0 Å². The van der Waals surface area contributed by atoms with Crippen LogP contribution in [0, 0.1) is 0 Å². The van der Waals surface area contributed by atoms with E-state index in [4.69, 9.17) is 0 Å². The summed E-state index contributed by atoms with van der Waals surface area (Å²) in [6.07, 6.45) is 10.2. The van der Waals surface area contributed by atoms with Crippen LogP contribution in [0.3, 0.4) is 0 Å². The van der Waals surface area contributed by atoms with Gasteiger partial charge >= 0.3 is 0 Å². The number of nitrogens with zero attached hydrogens (tertiary/aromatic N) is 1. The van der Waals surface area contributed by atoms with Gasteiger partial charge < -0.3 is 0 Å². The molecule has 0 fully saturated rings. The van der Waals surface area contributed by atoms with Crippen LogP contribution in [-0.2, 0) is 6.42 Å². The van der Waals surface area contributed by atoms with E-state index in [9.17, 15) is 0 Å². The Labute approximate surface area is 90.9 Å². The summed E-state index contributed by atoms with van der Waals surface area (Å²) in [6.45, 7) is 6.15. The molecular formula is C14H15N. The third-order valence-corrected chi connectivity index (χ3v) is 2.72. The minimum atomic E-state index is 1.07. The highest BCUT2D eigenvalue weighted by molar-refractivity contribution is 5.79. The van der Waals surface area contributed by atoms with Crippen molar-refractivity contribution in [1.82, 2.24) is 4.98 Å². The normalized spacial score (nSPS) is 18.5. The Morgan fingerprint density at radius 2 is 2.27 bits per heavy atom. The van der Waals surface area contributed by atoms with E-state index in [1.807, 2.05) is 25.3 Å². The SMILES string of the molecule is C=C1/C(=C\C=C/C)CCc2cccnc21. The fourth-order valence-electron chi connectivity index (χ4n) is 1.88. The van der Waals surface area contributed by atoms with Crippen LogP contribution in [-0.4, -0.2) is 4.98 Å². The van der Waals surface area contributed by atoms with E-state index in [1.54, 1.807) is 0 Å². The third kappa shape index (κ3) is 1.91. The fourth-order valence-corrected chi connectivity index (χ4v) is 1.88. The zero-order chi connectivity index (χ0) is 10.7. The molecule has 1 aromatic rings. The van der Waals surface area contributed by atoms with E-state index >= 15 is 0 Å². The molecule has 0 radical (unpaired) electrons. The van der Waals surface area contributed by atoms with Crippen molar-refractivity contribution in [3.8, 4) is 0 Å². The lowest BCUT2D eigenvalue weighted by molar-refractivity contribution is 0.919. The van der Waals surface area contributed by atoms with E-state index in [0.29, 0.717) is 0 Å². The van der Waals surface area contributed by atoms with Crippen molar-refractivity contribution < 1.29 is 0 Å². The average Bonchev–Trinajstić information content (AvgIpc) is 2.29. The molecule has 1 aliphatic rings. The average molecular weight is 197 g/mol. The Morgan fingerprint density at radius 3 is 3.07 bits per heavy atom. The first-order valence-corrected chi connectivity index (χ1v) is 5.28. The standard InChI is InChI=1S/C14H15N/c1-3-4-6-12-8-9-13-7-5-10-15-14(13)11(12)2/h3-7,10H,2,8-9H2,1H3/b4-3-,12-6-. The molecule has 0 atom stereocenters. The van der Waals surface area contributed by atoms with Gasteiger partial charge in [-0.05, 0) is 42.5 Å².